The number of rotatable bonds is 6. The van der Waals surface area contributed by atoms with Crippen molar-refractivity contribution in [1.82, 2.24) is 10.3 Å². The van der Waals surface area contributed by atoms with Gasteiger partial charge in [0.25, 0.3) is 5.91 Å². The van der Waals surface area contributed by atoms with Gasteiger partial charge in [-0.1, -0.05) is 42.5 Å². The van der Waals surface area contributed by atoms with Crippen LogP contribution in [-0.4, -0.2) is 41.0 Å². The third-order valence-electron chi connectivity index (χ3n) is 6.85. The summed E-state index contributed by atoms with van der Waals surface area (Å²) in [7, 11) is 0. The molecule has 0 saturated carbocycles. The van der Waals surface area contributed by atoms with E-state index >= 15 is 0 Å². The second-order valence-corrected chi connectivity index (χ2v) is 10.0. The number of para-hydroxylation sites is 1. The predicted octanol–water partition coefficient (Wildman–Crippen LogP) is 4.67. The Kier molecular flexibility index (Phi) is 5.55. The molecule has 172 valence electrons. The highest BCUT2D eigenvalue weighted by atomic mass is 32.2. The van der Waals surface area contributed by atoms with E-state index in [1.165, 1.54) is 10.5 Å². The maximum absolute atomic E-state index is 13.5. The van der Waals surface area contributed by atoms with Gasteiger partial charge in [-0.3, -0.25) is 4.79 Å². The summed E-state index contributed by atoms with van der Waals surface area (Å²) in [5, 5.41) is 14.2. The fourth-order valence-corrected chi connectivity index (χ4v) is 6.40. The molecule has 1 aromatic heterocycles. The van der Waals surface area contributed by atoms with Gasteiger partial charge < -0.3 is 20.1 Å². The minimum Gasteiger partial charge on any atom is -0.492 e. The number of aromatic amines is 1. The van der Waals surface area contributed by atoms with Crippen molar-refractivity contribution < 1.29 is 14.6 Å². The largest absolute Gasteiger partial charge is 0.492 e. The lowest BCUT2D eigenvalue weighted by Crippen LogP contribution is -2.39. The van der Waals surface area contributed by atoms with Gasteiger partial charge in [0, 0.05) is 40.1 Å². The van der Waals surface area contributed by atoms with E-state index in [4.69, 9.17) is 4.74 Å². The van der Waals surface area contributed by atoms with Gasteiger partial charge >= 0.3 is 0 Å². The van der Waals surface area contributed by atoms with Gasteiger partial charge in [0.1, 0.15) is 5.75 Å². The molecule has 0 aliphatic carbocycles. The molecule has 3 aromatic carbocycles. The molecule has 0 spiro atoms. The van der Waals surface area contributed by atoms with Crippen LogP contribution >= 0.6 is 11.8 Å². The molecular formula is C28H26N2O3S. The molecule has 34 heavy (non-hydrogen) atoms. The Morgan fingerprint density at radius 3 is 2.94 bits per heavy atom. The first-order chi connectivity index (χ1) is 16.7. The van der Waals surface area contributed by atoms with Crippen LogP contribution < -0.4 is 10.1 Å². The number of nitrogens with one attached hydrogen (secondary N) is 2. The normalized spacial score (nSPS) is 17.3. The maximum atomic E-state index is 13.5. The zero-order chi connectivity index (χ0) is 23.1. The number of carbonyl (C=O) groups excluding carboxylic acids is 1. The summed E-state index contributed by atoms with van der Waals surface area (Å²) in [4.78, 5) is 18.0. The molecule has 5 nitrogen and oxygen atoms in total. The molecular weight excluding hydrogens is 444 g/mol. The molecule has 6 heteroatoms. The van der Waals surface area contributed by atoms with Crippen molar-refractivity contribution in [3.05, 3.63) is 94.7 Å². The van der Waals surface area contributed by atoms with Gasteiger partial charge in [0.15, 0.2) is 0 Å². The molecule has 1 unspecified atom stereocenters. The van der Waals surface area contributed by atoms with Crippen LogP contribution in [0.1, 0.15) is 38.5 Å². The van der Waals surface area contributed by atoms with Crippen LogP contribution in [-0.2, 0) is 12.8 Å². The zero-order valence-electron chi connectivity index (χ0n) is 18.7. The Hall–Kier alpha value is -3.22. The van der Waals surface area contributed by atoms with Crippen LogP contribution in [0.25, 0.3) is 10.9 Å². The van der Waals surface area contributed by atoms with Crippen molar-refractivity contribution in [1.29, 1.82) is 0 Å². The second kappa shape index (κ2) is 8.85. The number of aromatic nitrogens is 1. The number of aliphatic hydroxyl groups excluding tert-OH is 1. The minimum atomic E-state index is -0.393. The van der Waals surface area contributed by atoms with E-state index in [-0.39, 0.29) is 18.4 Å². The predicted molar refractivity (Wildman–Crippen MR) is 135 cm³/mol. The first-order valence-electron chi connectivity index (χ1n) is 11.7. The Bertz CT molecular complexity index is 1380. The summed E-state index contributed by atoms with van der Waals surface area (Å²) >= 11 is 1.87. The molecule has 6 rings (SSSR count). The Balaban J connectivity index is 1.28. The number of thioether (sulfide) groups is 1. The Morgan fingerprint density at radius 1 is 1.18 bits per heavy atom. The van der Waals surface area contributed by atoms with Crippen molar-refractivity contribution in [3.63, 3.8) is 0 Å². The van der Waals surface area contributed by atoms with Gasteiger partial charge in [-0.2, -0.15) is 0 Å². The molecule has 1 amide bonds. The molecule has 0 fully saturated rings. The number of hydrogen-bond acceptors (Lipinski definition) is 4. The average Bonchev–Trinajstić information content (AvgIpc) is 3.61. The number of amides is 1. The standard InChI is InChI=1S/C28H26N2O3S/c31-15-20(12-19-14-29-25-7-3-1-5-21(19)25)30-28(32)23-13-18(11-17-9-10-33-27(17)23)24-16-34-26-8-4-2-6-22(24)26/h1-8,11,13-14,20,24,29,31H,9-10,12,15-16H2,(H,30,32)/t20-,24?/m1/s1. The zero-order valence-corrected chi connectivity index (χ0v) is 19.5. The topological polar surface area (TPSA) is 74.4 Å². The summed E-state index contributed by atoms with van der Waals surface area (Å²) in [5.74, 6) is 1.72. The van der Waals surface area contributed by atoms with Crippen molar-refractivity contribution in [3.8, 4) is 5.75 Å². The highest BCUT2D eigenvalue weighted by Gasteiger charge is 2.29. The van der Waals surface area contributed by atoms with Crippen molar-refractivity contribution in [2.45, 2.75) is 29.7 Å². The van der Waals surface area contributed by atoms with Crippen LogP contribution in [0.3, 0.4) is 0 Å². The van der Waals surface area contributed by atoms with E-state index in [0.717, 1.165) is 39.8 Å². The summed E-state index contributed by atoms with van der Waals surface area (Å²) in [6.07, 6.45) is 3.31. The van der Waals surface area contributed by atoms with E-state index in [2.05, 4.69) is 46.7 Å². The van der Waals surface area contributed by atoms with Gasteiger partial charge in [0.2, 0.25) is 0 Å². The number of carbonyl (C=O) groups is 1. The molecule has 3 heterocycles. The van der Waals surface area contributed by atoms with E-state index < -0.39 is 6.04 Å². The molecule has 2 aliphatic heterocycles. The summed E-state index contributed by atoms with van der Waals surface area (Å²) in [5.41, 5.74) is 6.26. The number of ether oxygens (including phenoxy) is 1. The van der Waals surface area contributed by atoms with E-state index in [1.54, 1.807) is 0 Å². The Morgan fingerprint density at radius 2 is 2.03 bits per heavy atom. The van der Waals surface area contributed by atoms with Gasteiger partial charge in [0.05, 0.1) is 24.8 Å². The van der Waals surface area contributed by atoms with E-state index in [9.17, 15) is 9.90 Å². The smallest absolute Gasteiger partial charge is 0.255 e. The monoisotopic (exact) mass is 470 g/mol. The van der Waals surface area contributed by atoms with Crippen LogP contribution in [0.15, 0.2) is 71.8 Å². The summed E-state index contributed by atoms with van der Waals surface area (Å²) in [6.45, 7) is 0.453. The van der Waals surface area contributed by atoms with Crippen LogP contribution in [0.2, 0.25) is 0 Å². The quantitative estimate of drug-likeness (QED) is 0.383. The first kappa shape index (κ1) is 21.3. The third kappa shape index (κ3) is 3.77. The highest BCUT2D eigenvalue weighted by Crippen LogP contribution is 2.44. The number of H-pyrrole nitrogens is 1. The first-order valence-corrected chi connectivity index (χ1v) is 12.7. The SMILES string of the molecule is O=C(N[C@@H](CO)Cc1c[nH]c2ccccc12)c1cc(C2CSc3ccccc32)cc2c1OCC2. The van der Waals surface area contributed by atoms with E-state index in [0.29, 0.717) is 24.3 Å². The number of hydrogen-bond donors (Lipinski definition) is 3. The summed E-state index contributed by atoms with van der Waals surface area (Å²) < 4.78 is 5.88. The second-order valence-electron chi connectivity index (χ2n) is 8.97. The molecule has 0 bridgehead atoms. The van der Waals surface area contributed by atoms with Gasteiger partial charge in [-0.25, -0.2) is 0 Å². The van der Waals surface area contributed by atoms with Crippen LogP contribution in [0.4, 0.5) is 0 Å². The molecule has 0 saturated heterocycles. The fourth-order valence-electron chi connectivity index (χ4n) is 5.13. The number of fused-ring (bicyclic) bond motifs is 3. The Labute approximate surface area is 202 Å². The molecule has 2 atom stereocenters. The van der Waals surface area contributed by atoms with Crippen molar-refractivity contribution >= 4 is 28.6 Å². The lowest BCUT2D eigenvalue weighted by atomic mass is 9.89. The maximum Gasteiger partial charge on any atom is 0.255 e. The van der Waals surface area contributed by atoms with Crippen LogP contribution in [0, 0.1) is 0 Å². The highest BCUT2D eigenvalue weighted by molar-refractivity contribution is 7.99. The van der Waals surface area contributed by atoms with Crippen molar-refractivity contribution in [2.75, 3.05) is 19.0 Å². The third-order valence-corrected chi connectivity index (χ3v) is 8.03. The fraction of sp³-hybridized carbons (Fsp3) is 0.250. The minimum absolute atomic E-state index is 0.138. The van der Waals surface area contributed by atoms with Crippen LogP contribution in [0.5, 0.6) is 5.75 Å². The average molecular weight is 471 g/mol. The lowest BCUT2D eigenvalue weighted by Gasteiger charge is -2.19. The summed E-state index contributed by atoms with van der Waals surface area (Å²) in [6, 6.07) is 20.4. The number of aliphatic hydroxyl groups is 1. The lowest BCUT2D eigenvalue weighted by molar-refractivity contribution is 0.0913. The molecule has 2 aliphatic rings. The van der Waals surface area contributed by atoms with E-state index in [1.807, 2.05) is 42.2 Å². The molecule has 4 aromatic rings. The van der Waals surface area contributed by atoms with Crippen molar-refractivity contribution in [2.24, 2.45) is 0 Å². The van der Waals surface area contributed by atoms with Gasteiger partial charge in [-0.15, -0.1) is 11.8 Å². The molecule has 0 radical (unpaired) electrons. The van der Waals surface area contributed by atoms with Gasteiger partial charge in [-0.05, 0) is 46.9 Å². The molecule has 3 N–H and O–H groups in total. The number of benzene rings is 3.